The highest BCUT2D eigenvalue weighted by Gasteiger charge is 2.22. The molecule has 23 heavy (non-hydrogen) atoms. The quantitative estimate of drug-likeness (QED) is 0.869. The lowest BCUT2D eigenvalue weighted by molar-refractivity contribution is -0.131. The molecule has 0 spiro atoms. The second-order valence-corrected chi connectivity index (χ2v) is 6.70. The van der Waals surface area contributed by atoms with Crippen molar-refractivity contribution < 1.29 is 9.59 Å². The molecule has 1 aliphatic carbocycles. The highest BCUT2D eigenvalue weighted by atomic mass is 35.5. The topological polar surface area (TPSA) is 49.4 Å². The van der Waals surface area contributed by atoms with Gasteiger partial charge in [0.05, 0.1) is 10.0 Å². The number of hydrogen-bond donors (Lipinski definition) is 1. The van der Waals surface area contributed by atoms with E-state index in [4.69, 9.17) is 23.2 Å². The first-order chi connectivity index (χ1) is 11.0. The molecule has 4 nitrogen and oxygen atoms in total. The summed E-state index contributed by atoms with van der Waals surface area (Å²) in [6, 6.07) is 5.09. The number of nitrogens with zero attached hydrogens (tertiary/aromatic N) is 1. The molecule has 0 unspecified atom stereocenters. The summed E-state index contributed by atoms with van der Waals surface area (Å²) in [5.41, 5.74) is 0.464. The fourth-order valence-corrected chi connectivity index (χ4v) is 3.32. The maximum Gasteiger partial charge on any atom is 0.251 e. The van der Waals surface area contributed by atoms with Gasteiger partial charge in [0.25, 0.3) is 5.91 Å². The van der Waals surface area contributed by atoms with Gasteiger partial charge in [-0.1, -0.05) is 42.5 Å². The zero-order valence-corrected chi connectivity index (χ0v) is 14.8. The second-order valence-electron chi connectivity index (χ2n) is 5.89. The molecule has 2 rings (SSSR count). The summed E-state index contributed by atoms with van der Waals surface area (Å²) in [5, 5.41) is 3.61. The number of nitrogens with one attached hydrogen (secondary N) is 1. The number of carbonyl (C=O) groups is 2. The molecule has 0 atom stereocenters. The van der Waals surface area contributed by atoms with E-state index >= 15 is 0 Å². The van der Waals surface area contributed by atoms with Crippen LogP contribution in [0.2, 0.25) is 10.0 Å². The molecule has 1 fully saturated rings. The maximum atomic E-state index is 12.1. The van der Waals surface area contributed by atoms with Crippen LogP contribution in [0.4, 0.5) is 0 Å². The van der Waals surface area contributed by atoms with Crippen molar-refractivity contribution in [1.82, 2.24) is 10.2 Å². The molecule has 0 radical (unpaired) electrons. The lowest BCUT2D eigenvalue weighted by Crippen LogP contribution is -2.44. The summed E-state index contributed by atoms with van der Waals surface area (Å²) in [6.07, 6.45) is 5.70. The van der Waals surface area contributed by atoms with Gasteiger partial charge in [0.15, 0.2) is 0 Å². The van der Waals surface area contributed by atoms with Crippen LogP contribution in [0.25, 0.3) is 0 Å². The summed E-state index contributed by atoms with van der Waals surface area (Å²) in [6.45, 7) is 2.55. The van der Waals surface area contributed by atoms with Gasteiger partial charge in [0.1, 0.15) is 0 Å². The molecule has 0 heterocycles. The lowest BCUT2D eigenvalue weighted by atomic mass is 9.94. The minimum Gasteiger partial charge on any atom is -0.350 e. The molecule has 2 amide bonds. The van der Waals surface area contributed by atoms with Gasteiger partial charge in [-0.05, 0) is 31.0 Å². The molecule has 0 saturated heterocycles. The van der Waals surface area contributed by atoms with Gasteiger partial charge in [-0.2, -0.15) is 0 Å². The van der Waals surface area contributed by atoms with Crippen LogP contribution in [-0.4, -0.2) is 35.8 Å². The van der Waals surface area contributed by atoms with Crippen molar-refractivity contribution in [3.05, 3.63) is 33.8 Å². The third-order valence-electron chi connectivity index (χ3n) is 4.24. The molecule has 1 saturated carbocycles. The predicted octanol–water partition coefficient (Wildman–Crippen LogP) is 3.90. The Kier molecular flexibility index (Phi) is 6.72. The molecule has 1 aromatic rings. The SMILES string of the molecule is CC(=O)N(CCNC(=O)c1ccc(Cl)c(Cl)c1)C1CCCCC1. The van der Waals surface area contributed by atoms with Gasteiger partial charge < -0.3 is 10.2 Å². The number of halogens is 2. The first-order valence-corrected chi connectivity index (χ1v) is 8.75. The second kappa shape index (κ2) is 8.55. The van der Waals surface area contributed by atoms with Gasteiger partial charge in [0.2, 0.25) is 5.91 Å². The summed E-state index contributed by atoms with van der Waals surface area (Å²) in [4.78, 5) is 25.9. The van der Waals surface area contributed by atoms with Crippen LogP contribution in [0.1, 0.15) is 49.4 Å². The molecule has 1 aliphatic rings. The Hall–Kier alpha value is -1.26. The Balaban J connectivity index is 1.87. The van der Waals surface area contributed by atoms with Crippen LogP contribution in [0.15, 0.2) is 18.2 Å². The van der Waals surface area contributed by atoms with Crippen molar-refractivity contribution in [3.8, 4) is 0 Å². The molecule has 0 aromatic heterocycles. The number of benzene rings is 1. The third kappa shape index (κ3) is 5.11. The monoisotopic (exact) mass is 356 g/mol. The van der Waals surface area contributed by atoms with E-state index in [1.165, 1.54) is 19.3 Å². The van der Waals surface area contributed by atoms with Crippen molar-refractivity contribution in [2.45, 2.75) is 45.1 Å². The van der Waals surface area contributed by atoms with Crippen LogP contribution in [0, 0.1) is 0 Å². The van der Waals surface area contributed by atoms with E-state index in [2.05, 4.69) is 5.32 Å². The van der Waals surface area contributed by atoms with E-state index in [0.29, 0.717) is 34.7 Å². The van der Waals surface area contributed by atoms with Gasteiger partial charge in [0, 0.05) is 31.6 Å². The van der Waals surface area contributed by atoms with Crippen LogP contribution >= 0.6 is 23.2 Å². The molecule has 6 heteroatoms. The Morgan fingerprint density at radius 3 is 2.48 bits per heavy atom. The van der Waals surface area contributed by atoms with Gasteiger partial charge in [-0.3, -0.25) is 9.59 Å². The van der Waals surface area contributed by atoms with Crippen LogP contribution < -0.4 is 5.32 Å². The highest BCUT2D eigenvalue weighted by Crippen LogP contribution is 2.23. The number of carbonyl (C=O) groups excluding carboxylic acids is 2. The van der Waals surface area contributed by atoms with Crippen molar-refractivity contribution in [3.63, 3.8) is 0 Å². The first-order valence-electron chi connectivity index (χ1n) is 7.99. The van der Waals surface area contributed by atoms with E-state index < -0.39 is 0 Å². The van der Waals surface area contributed by atoms with E-state index in [1.54, 1.807) is 25.1 Å². The molecule has 1 aromatic carbocycles. The van der Waals surface area contributed by atoms with E-state index in [0.717, 1.165) is 12.8 Å². The summed E-state index contributed by atoms with van der Waals surface area (Å²) >= 11 is 11.8. The molecule has 1 N–H and O–H groups in total. The number of hydrogen-bond acceptors (Lipinski definition) is 2. The largest absolute Gasteiger partial charge is 0.350 e. The minimum atomic E-state index is -0.212. The summed E-state index contributed by atoms with van der Waals surface area (Å²) < 4.78 is 0. The lowest BCUT2D eigenvalue weighted by Gasteiger charge is -2.33. The maximum absolute atomic E-state index is 12.1. The van der Waals surface area contributed by atoms with Gasteiger partial charge in [-0.25, -0.2) is 0 Å². The summed E-state index contributed by atoms with van der Waals surface area (Å²) in [5.74, 6) is -0.142. The average Bonchev–Trinajstić information content (AvgIpc) is 2.54. The highest BCUT2D eigenvalue weighted by molar-refractivity contribution is 6.42. The predicted molar refractivity (Wildman–Crippen MR) is 93.1 cm³/mol. The normalized spacial score (nSPS) is 15.3. The minimum absolute atomic E-state index is 0.0701. The average molecular weight is 357 g/mol. The van der Waals surface area contributed by atoms with E-state index in [-0.39, 0.29) is 11.8 Å². The van der Waals surface area contributed by atoms with Crippen molar-refractivity contribution >= 4 is 35.0 Å². The molecular weight excluding hydrogens is 335 g/mol. The summed E-state index contributed by atoms with van der Waals surface area (Å²) in [7, 11) is 0. The van der Waals surface area contributed by atoms with Crippen LogP contribution in [-0.2, 0) is 4.79 Å². The van der Waals surface area contributed by atoms with Gasteiger partial charge >= 0.3 is 0 Å². The third-order valence-corrected chi connectivity index (χ3v) is 4.98. The zero-order chi connectivity index (χ0) is 16.8. The Morgan fingerprint density at radius 1 is 1.17 bits per heavy atom. The Bertz CT molecular complexity index is 572. The zero-order valence-electron chi connectivity index (χ0n) is 13.3. The fourth-order valence-electron chi connectivity index (χ4n) is 3.02. The number of amides is 2. The van der Waals surface area contributed by atoms with Gasteiger partial charge in [-0.15, -0.1) is 0 Å². The molecule has 126 valence electrons. The van der Waals surface area contributed by atoms with Crippen molar-refractivity contribution in [2.75, 3.05) is 13.1 Å². The first kappa shape index (κ1) is 18.1. The van der Waals surface area contributed by atoms with Crippen molar-refractivity contribution in [1.29, 1.82) is 0 Å². The van der Waals surface area contributed by atoms with E-state index in [1.807, 2.05) is 4.90 Å². The fraction of sp³-hybridized carbons (Fsp3) is 0.529. The Labute approximate surface area is 147 Å². The number of rotatable bonds is 5. The standard InChI is InChI=1S/C17H22Cl2N2O2/c1-12(22)21(14-5-3-2-4-6-14)10-9-20-17(23)13-7-8-15(18)16(19)11-13/h7-8,11,14H,2-6,9-10H2,1H3,(H,20,23). The molecule has 0 aliphatic heterocycles. The van der Waals surface area contributed by atoms with Crippen LogP contribution in [0.3, 0.4) is 0 Å². The Morgan fingerprint density at radius 2 is 1.87 bits per heavy atom. The van der Waals surface area contributed by atoms with E-state index in [9.17, 15) is 9.59 Å². The smallest absolute Gasteiger partial charge is 0.251 e. The van der Waals surface area contributed by atoms with Crippen molar-refractivity contribution in [2.24, 2.45) is 0 Å². The molecule has 0 bridgehead atoms. The van der Waals surface area contributed by atoms with Crippen LogP contribution in [0.5, 0.6) is 0 Å². The molecular formula is C17H22Cl2N2O2.